The lowest BCUT2D eigenvalue weighted by Gasteiger charge is -2.30. The topological polar surface area (TPSA) is 41.6 Å². The van der Waals surface area contributed by atoms with Crippen molar-refractivity contribution in [1.82, 2.24) is 0 Å². The lowest BCUT2D eigenvalue weighted by molar-refractivity contribution is -0.115. The van der Waals surface area contributed by atoms with E-state index < -0.39 is 0 Å². The van der Waals surface area contributed by atoms with Crippen molar-refractivity contribution in [1.29, 1.82) is 0 Å². The fraction of sp³-hybridized carbons (Fsp3) is 0.350. The molecule has 4 nitrogen and oxygen atoms in total. The second-order valence-corrected chi connectivity index (χ2v) is 6.84. The summed E-state index contributed by atoms with van der Waals surface area (Å²) in [7, 11) is 0. The first-order valence-corrected chi connectivity index (χ1v) is 8.89. The summed E-state index contributed by atoms with van der Waals surface area (Å²) in [6.07, 6.45) is 0.335. The number of nitrogens with zero attached hydrogens (tertiary/aromatic N) is 1. The van der Waals surface area contributed by atoms with Gasteiger partial charge in [-0.25, -0.2) is 0 Å². The molecule has 0 saturated carbocycles. The molecule has 1 aliphatic heterocycles. The van der Waals surface area contributed by atoms with Gasteiger partial charge in [-0.2, -0.15) is 0 Å². The fourth-order valence-corrected chi connectivity index (χ4v) is 3.24. The molecule has 1 N–H and O–H groups in total. The molecule has 5 heteroatoms. The number of morpholine rings is 1. The third kappa shape index (κ3) is 4.53. The van der Waals surface area contributed by atoms with Gasteiger partial charge in [0.25, 0.3) is 0 Å². The van der Waals surface area contributed by atoms with Crippen LogP contribution in [0.15, 0.2) is 36.4 Å². The molecule has 2 aromatic carbocycles. The number of carbonyl (C=O) groups excluding carboxylic acids is 1. The summed E-state index contributed by atoms with van der Waals surface area (Å²) >= 11 is 5.89. The first-order chi connectivity index (χ1) is 12.0. The lowest BCUT2D eigenvalue weighted by atomic mass is 10.1. The van der Waals surface area contributed by atoms with Crippen LogP contribution < -0.4 is 10.2 Å². The lowest BCUT2D eigenvalue weighted by Crippen LogP contribution is -2.36. The summed E-state index contributed by atoms with van der Waals surface area (Å²) in [5.41, 5.74) is 5.18. The molecule has 1 heterocycles. The van der Waals surface area contributed by atoms with Gasteiger partial charge in [0.05, 0.1) is 19.6 Å². The highest BCUT2D eigenvalue weighted by molar-refractivity contribution is 6.30. The molecule has 0 radical (unpaired) electrons. The third-order valence-electron chi connectivity index (χ3n) is 4.44. The van der Waals surface area contributed by atoms with Crippen molar-refractivity contribution in [2.45, 2.75) is 20.3 Å². The molecule has 3 rings (SSSR count). The number of halogens is 1. The van der Waals surface area contributed by atoms with Crippen LogP contribution in [0.5, 0.6) is 0 Å². The molecule has 0 atom stereocenters. The molecule has 0 bridgehead atoms. The van der Waals surface area contributed by atoms with Crippen molar-refractivity contribution in [3.8, 4) is 0 Å². The first-order valence-electron chi connectivity index (χ1n) is 8.51. The Morgan fingerprint density at radius 2 is 1.72 bits per heavy atom. The van der Waals surface area contributed by atoms with Gasteiger partial charge in [0.2, 0.25) is 5.91 Å². The van der Waals surface area contributed by atoms with Crippen molar-refractivity contribution in [3.63, 3.8) is 0 Å². The molecule has 0 aliphatic carbocycles. The molecule has 1 aliphatic rings. The molecule has 0 unspecified atom stereocenters. The molecule has 132 valence electrons. The second kappa shape index (κ2) is 7.89. The van der Waals surface area contributed by atoms with Crippen molar-refractivity contribution in [3.05, 3.63) is 58.1 Å². The first kappa shape index (κ1) is 17.8. The molecule has 25 heavy (non-hydrogen) atoms. The average molecular weight is 359 g/mol. The zero-order valence-electron chi connectivity index (χ0n) is 14.6. The number of anilines is 2. The van der Waals surface area contributed by atoms with E-state index in [9.17, 15) is 4.79 Å². The minimum Gasteiger partial charge on any atom is -0.378 e. The number of rotatable bonds is 4. The highest BCUT2D eigenvalue weighted by Crippen LogP contribution is 2.28. The Kier molecular flexibility index (Phi) is 5.61. The zero-order chi connectivity index (χ0) is 17.8. The molecule has 0 spiro atoms. The second-order valence-electron chi connectivity index (χ2n) is 6.41. The van der Waals surface area contributed by atoms with Gasteiger partial charge in [0.1, 0.15) is 0 Å². The summed E-state index contributed by atoms with van der Waals surface area (Å²) in [5, 5.41) is 3.73. The zero-order valence-corrected chi connectivity index (χ0v) is 15.4. The van der Waals surface area contributed by atoms with Gasteiger partial charge in [-0.3, -0.25) is 4.79 Å². The average Bonchev–Trinajstić information content (AvgIpc) is 2.61. The Labute approximate surface area is 153 Å². The Hall–Kier alpha value is -2.04. The van der Waals surface area contributed by atoms with E-state index in [1.54, 1.807) is 12.1 Å². The van der Waals surface area contributed by atoms with Crippen molar-refractivity contribution in [2.24, 2.45) is 0 Å². The van der Waals surface area contributed by atoms with Gasteiger partial charge >= 0.3 is 0 Å². The minimum absolute atomic E-state index is 0.0207. The fourth-order valence-electron chi connectivity index (χ4n) is 3.11. The van der Waals surface area contributed by atoms with Gasteiger partial charge in [-0.1, -0.05) is 23.7 Å². The van der Waals surface area contributed by atoms with Crippen LogP contribution in [0, 0.1) is 13.8 Å². The number of benzene rings is 2. The molecule has 2 aromatic rings. The number of amides is 1. The summed E-state index contributed by atoms with van der Waals surface area (Å²) in [4.78, 5) is 14.7. The quantitative estimate of drug-likeness (QED) is 0.899. The van der Waals surface area contributed by atoms with Crippen LogP contribution >= 0.6 is 11.6 Å². The smallest absolute Gasteiger partial charge is 0.228 e. The van der Waals surface area contributed by atoms with E-state index in [-0.39, 0.29) is 5.91 Å². The molecular weight excluding hydrogens is 336 g/mol. The molecule has 0 aromatic heterocycles. The van der Waals surface area contributed by atoms with E-state index in [1.807, 2.05) is 26.0 Å². The number of nitrogens with one attached hydrogen (secondary N) is 1. The summed E-state index contributed by atoms with van der Waals surface area (Å²) < 4.78 is 5.42. The van der Waals surface area contributed by atoms with E-state index in [0.717, 1.165) is 48.7 Å². The number of hydrogen-bond acceptors (Lipinski definition) is 3. The monoisotopic (exact) mass is 358 g/mol. The molecular formula is C20H23ClN2O2. The standard InChI is InChI=1S/C20H23ClN2O2/c1-14-11-18(23-7-9-25-10-8-23)12-15(2)20(14)22-19(24)13-16-3-5-17(21)6-4-16/h3-6,11-12H,7-10,13H2,1-2H3,(H,22,24). The SMILES string of the molecule is Cc1cc(N2CCOCC2)cc(C)c1NC(=O)Cc1ccc(Cl)cc1. The van der Waals surface area contributed by atoms with Crippen LogP contribution in [0.3, 0.4) is 0 Å². The van der Waals surface area contributed by atoms with Gasteiger partial charge < -0.3 is 15.0 Å². The van der Waals surface area contributed by atoms with Crippen LogP contribution in [-0.2, 0) is 16.0 Å². The van der Waals surface area contributed by atoms with Crippen LogP contribution in [-0.4, -0.2) is 32.2 Å². The van der Waals surface area contributed by atoms with E-state index in [2.05, 4.69) is 22.3 Å². The summed E-state index contributed by atoms with van der Waals surface area (Å²) in [6.45, 7) is 7.40. The Morgan fingerprint density at radius 3 is 2.32 bits per heavy atom. The maximum absolute atomic E-state index is 12.4. The highest BCUT2D eigenvalue weighted by atomic mass is 35.5. The van der Waals surface area contributed by atoms with Crippen molar-refractivity contribution in [2.75, 3.05) is 36.5 Å². The van der Waals surface area contributed by atoms with Gasteiger partial charge in [-0.15, -0.1) is 0 Å². The van der Waals surface area contributed by atoms with Gasteiger partial charge in [0, 0.05) is 29.5 Å². The summed E-state index contributed by atoms with van der Waals surface area (Å²) in [6, 6.07) is 11.6. The van der Waals surface area contributed by atoms with Crippen LogP contribution in [0.4, 0.5) is 11.4 Å². The Bertz CT molecular complexity index is 730. The Balaban J connectivity index is 1.71. The van der Waals surface area contributed by atoms with Crippen molar-refractivity contribution < 1.29 is 9.53 Å². The highest BCUT2D eigenvalue weighted by Gasteiger charge is 2.15. The molecule has 1 amide bonds. The Morgan fingerprint density at radius 1 is 1.12 bits per heavy atom. The maximum atomic E-state index is 12.4. The largest absolute Gasteiger partial charge is 0.378 e. The summed E-state index contributed by atoms with van der Waals surface area (Å²) in [5.74, 6) is -0.0207. The van der Waals surface area contributed by atoms with Gasteiger partial charge in [-0.05, 0) is 54.8 Å². The third-order valence-corrected chi connectivity index (χ3v) is 4.69. The van der Waals surface area contributed by atoms with E-state index in [0.29, 0.717) is 11.4 Å². The molecule has 1 fully saturated rings. The van der Waals surface area contributed by atoms with Crippen LogP contribution in [0.25, 0.3) is 0 Å². The number of ether oxygens (including phenoxy) is 1. The predicted octanol–water partition coefficient (Wildman–Crippen LogP) is 3.97. The number of carbonyl (C=O) groups is 1. The van der Waals surface area contributed by atoms with E-state index in [1.165, 1.54) is 5.69 Å². The predicted molar refractivity (Wildman–Crippen MR) is 103 cm³/mol. The van der Waals surface area contributed by atoms with Crippen LogP contribution in [0.1, 0.15) is 16.7 Å². The minimum atomic E-state index is -0.0207. The normalized spacial score (nSPS) is 14.4. The van der Waals surface area contributed by atoms with Crippen LogP contribution in [0.2, 0.25) is 5.02 Å². The number of aryl methyl sites for hydroxylation is 2. The van der Waals surface area contributed by atoms with E-state index >= 15 is 0 Å². The maximum Gasteiger partial charge on any atom is 0.228 e. The van der Waals surface area contributed by atoms with Crippen molar-refractivity contribution >= 4 is 28.9 Å². The molecule has 1 saturated heterocycles. The van der Waals surface area contributed by atoms with Gasteiger partial charge in [0.15, 0.2) is 0 Å². The number of hydrogen-bond donors (Lipinski definition) is 1. The van der Waals surface area contributed by atoms with E-state index in [4.69, 9.17) is 16.3 Å².